The van der Waals surface area contributed by atoms with Crippen molar-refractivity contribution in [3.8, 4) is 11.3 Å². The second-order valence-electron chi connectivity index (χ2n) is 5.75. The summed E-state index contributed by atoms with van der Waals surface area (Å²) in [5, 5.41) is 8.94. The van der Waals surface area contributed by atoms with Gasteiger partial charge in [0, 0.05) is 15.8 Å². The molecule has 0 bridgehead atoms. The molecular weight excluding hydrogens is 471 g/mol. The summed E-state index contributed by atoms with van der Waals surface area (Å²) in [6.45, 7) is 1.76. The molecule has 0 atom stereocenters. The molecule has 1 N–H and O–H groups in total. The number of anilines is 1. The van der Waals surface area contributed by atoms with Crippen molar-refractivity contribution in [3.63, 3.8) is 0 Å². The van der Waals surface area contributed by atoms with Crippen LogP contribution in [0.4, 0.5) is 5.13 Å². The van der Waals surface area contributed by atoms with Gasteiger partial charge in [0.1, 0.15) is 4.34 Å². The van der Waals surface area contributed by atoms with Crippen LogP contribution in [0, 0.1) is 6.92 Å². The molecule has 0 radical (unpaired) electrons. The Kier molecular flexibility index (Phi) is 6.21. The van der Waals surface area contributed by atoms with E-state index in [0.29, 0.717) is 42.5 Å². The van der Waals surface area contributed by atoms with Gasteiger partial charge in [-0.25, -0.2) is 4.98 Å². The number of thiazole rings is 1. The Labute approximate surface area is 188 Å². The number of aromatic nitrogens is 3. The third-order valence-electron chi connectivity index (χ3n) is 3.71. The number of hydrogen-bond donors (Lipinski definition) is 1. The number of nitrogens with one attached hydrogen (secondary N) is 1. The van der Waals surface area contributed by atoms with Gasteiger partial charge in [0.25, 0.3) is 5.91 Å². The molecule has 0 spiro atoms. The zero-order valence-electron chi connectivity index (χ0n) is 14.8. The predicted molar refractivity (Wildman–Crippen MR) is 118 cm³/mol. The first kappa shape index (κ1) is 20.4. The number of thiophene rings is 1. The standard InChI is InChI=1S/C18H12Cl2N4O2S3/c1-9-21-15(26-24-9)8-27-13-5-3-2-4-10(13)17(25)23-18-22-12(7-28-18)11-6-14(19)29-16(11)20/h2-7H,8H2,1H3,(H,22,23,25). The van der Waals surface area contributed by atoms with Crippen molar-refractivity contribution in [2.45, 2.75) is 17.6 Å². The van der Waals surface area contributed by atoms with Crippen molar-refractivity contribution < 1.29 is 9.32 Å². The average Bonchev–Trinajstić information content (AvgIpc) is 3.40. The fourth-order valence-electron chi connectivity index (χ4n) is 2.45. The Bertz CT molecular complexity index is 1170. The number of aryl methyl sites for hydroxylation is 1. The molecule has 0 unspecified atom stereocenters. The van der Waals surface area contributed by atoms with E-state index in [1.807, 2.05) is 23.6 Å². The highest BCUT2D eigenvalue weighted by Crippen LogP contribution is 2.39. The van der Waals surface area contributed by atoms with Crippen molar-refractivity contribution in [2.75, 3.05) is 5.32 Å². The van der Waals surface area contributed by atoms with E-state index in [9.17, 15) is 4.79 Å². The first-order valence-corrected chi connectivity index (χ1v) is 11.7. The number of amides is 1. The van der Waals surface area contributed by atoms with Crippen molar-refractivity contribution >= 4 is 68.7 Å². The summed E-state index contributed by atoms with van der Waals surface area (Å²) in [7, 11) is 0. The van der Waals surface area contributed by atoms with E-state index < -0.39 is 0 Å². The van der Waals surface area contributed by atoms with Crippen LogP contribution in [-0.2, 0) is 5.75 Å². The van der Waals surface area contributed by atoms with Crippen molar-refractivity contribution in [1.82, 2.24) is 15.1 Å². The van der Waals surface area contributed by atoms with E-state index in [-0.39, 0.29) is 5.91 Å². The molecule has 0 fully saturated rings. The summed E-state index contributed by atoms with van der Waals surface area (Å²) in [6.07, 6.45) is 0. The number of carbonyl (C=O) groups excluding carboxylic acids is 1. The average molecular weight is 483 g/mol. The number of thioether (sulfide) groups is 1. The molecule has 0 aliphatic carbocycles. The summed E-state index contributed by atoms with van der Waals surface area (Å²) in [6, 6.07) is 9.10. The molecule has 4 rings (SSSR count). The van der Waals surface area contributed by atoms with Crippen LogP contribution in [0.1, 0.15) is 22.1 Å². The van der Waals surface area contributed by atoms with Crippen LogP contribution in [0.3, 0.4) is 0 Å². The van der Waals surface area contributed by atoms with Gasteiger partial charge in [0.05, 0.1) is 21.3 Å². The van der Waals surface area contributed by atoms with E-state index in [2.05, 4.69) is 20.4 Å². The third kappa shape index (κ3) is 4.81. The van der Waals surface area contributed by atoms with Gasteiger partial charge in [-0.2, -0.15) is 4.98 Å². The zero-order chi connectivity index (χ0) is 20.4. The van der Waals surface area contributed by atoms with Crippen LogP contribution in [0.2, 0.25) is 8.67 Å². The van der Waals surface area contributed by atoms with E-state index in [0.717, 1.165) is 10.5 Å². The lowest BCUT2D eigenvalue weighted by Gasteiger charge is -2.07. The molecule has 4 aromatic rings. The quantitative estimate of drug-likeness (QED) is 0.319. The lowest BCUT2D eigenvalue weighted by Crippen LogP contribution is -2.12. The van der Waals surface area contributed by atoms with Crippen molar-refractivity contribution in [1.29, 1.82) is 0 Å². The van der Waals surface area contributed by atoms with Crippen molar-refractivity contribution in [3.05, 3.63) is 61.7 Å². The molecule has 6 nitrogen and oxygen atoms in total. The van der Waals surface area contributed by atoms with Gasteiger partial charge in [0.15, 0.2) is 11.0 Å². The zero-order valence-corrected chi connectivity index (χ0v) is 18.8. The molecule has 29 heavy (non-hydrogen) atoms. The van der Waals surface area contributed by atoms with Gasteiger partial charge in [0.2, 0.25) is 5.89 Å². The minimum Gasteiger partial charge on any atom is -0.338 e. The number of carbonyl (C=O) groups is 1. The fraction of sp³-hybridized carbons (Fsp3) is 0.111. The van der Waals surface area contributed by atoms with Crippen LogP contribution in [0.25, 0.3) is 11.3 Å². The minimum absolute atomic E-state index is 0.245. The number of nitrogens with zero attached hydrogens (tertiary/aromatic N) is 3. The van der Waals surface area contributed by atoms with Gasteiger partial charge < -0.3 is 4.52 Å². The topological polar surface area (TPSA) is 80.9 Å². The Balaban J connectivity index is 1.48. The van der Waals surface area contributed by atoms with Gasteiger partial charge in [-0.3, -0.25) is 10.1 Å². The Hall–Kier alpha value is -1.91. The van der Waals surface area contributed by atoms with Gasteiger partial charge >= 0.3 is 0 Å². The lowest BCUT2D eigenvalue weighted by atomic mass is 10.2. The molecular formula is C18H12Cl2N4O2S3. The van der Waals surface area contributed by atoms with Gasteiger partial charge in [-0.1, -0.05) is 40.5 Å². The summed E-state index contributed by atoms with van der Waals surface area (Å²) >= 11 is 16.2. The lowest BCUT2D eigenvalue weighted by molar-refractivity contribution is 0.102. The third-order valence-corrected chi connectivity index (χ3v) is 7.01. The molecule has 0 aliphatic heterocycles. The molecule has 3 heterocycles. The molecule has 0 aliphatic rings. The van der Waals surface area contributed by atoms with E-state index in [1.165, 1.54) is 34.4 Å². The van der Waals surface area contributed by atoms with Gasteiger partial charge in [-0.05, 0) is 25.1 Å². The van der Waals surface area contributed by atoms with E-state index >= 15 is 0 Å². The smallest absolute Gasteiger partial charge is 0.258 e. The molecule has 148 valence electrons. The molecule has 0 saturated heterocycles. The Morgan fingerprint density at radius 1 is 1.28 bits per heavy atom. The van der Waals surface area contributed by atoms with Crippen LogP contribution in [0.15, 0.2) is 45.1 Å². The minimum atomic E-state index is -0.245. The fourth-order valence-corrected chi connectivity index (χ4v) is 5.53. The first-order chi connectivity index (χ1) is 14.0. The highest BCUT2D eigenvalue weighted by molar-refractivity contribution is 7.98. The van der Waals surface area contributed by atoms with Crippen LogP contribution >= 0.6 is 57.6 Å². The number of halogens is 2. The van der Waals surface area contributed by atoms with Crippen molar-refractivity contribution in [2.24, 2.45) is 0 Å². The summed E-state index contributed by atoms with van der Waals surface area (Å²) in [4.78, 5) is 22.3. The highest BCUT2D eigenvalue weighted by atomic mass is 35.5. The molecule has 11 heteroatoms. The highest BCUT2D eigenvalue weighted by Gasteiger charge is 2.16. The summed E-state index contributed by atoms with van der Waals surface area (Å²) in [5.41, 5.74) is 1.97. The van der Waals surface area contributed by atoms with Crippen LogP contribution in [0.5, 0.6) is 0 Å². The maximum absolute atomic E-state index is 12.8. The number of hydrogen-bond acceptors (Lipinski definition) is 8. The largest absolute Gasteiger partial charge is 0.338 e. The molecule has 1 aromatic carbocycles. The SMILES string of the molecule is Cc1noc(CSc2ccccc2C(=O)Nc2nc(-c3cc(Cl)sc3Cl)cs2)n1. The molecule has 3 aromatic heterocycles. The maximum atomic E-state index is 12.8. The number of rotatable bonds is 6. The van der Waals surface area contributed by atoms with Crippen LogP contribution in [-0.4, -0.2) is 21.0 Å². The molecule has 1 amide bonds. The first-order valence-electron chi connectivity index (χ1n) is 8.22. The normalized spacial score (nSPS) is 11.0. The molecule has 0 saturated carbocycles. The number of benzene rings is 1. The second-order valence-corrected chi connectivity index (χ2v) is 9.91. The second kappa shape index (κ2) is 8.85. The monoisotopic (exact) mass is 482 g/mol. The maximum Gasteiger partial charge on any atom is 0.258 e. The van der Waals surface area contributed by atoms with Crippen LogP contribution < -0.4 is 5.32 Å². The predicted octanol–water partition coefficient (Wildman–Crippen LogP) is 6.41. The summed E-state index contributed by atoms with van der Waals surface area (Å²) in [5.74, 6) is 1.33. The van der Waals surface area contributed by atoms with E-state index in [4.69, 9.17) is 27.7 Å². The van der Waals surface area contributed by atoms with Gasteiger partial charge in [-0.15, -0.1) is 34.4 Å². The Morgan fingerprint density at radius 2 is 2.10 bits per heavy atom. The summed E-state index contributed by atoms with van der Waals surface area (Å²) < 4.78 is 6.28. The Morgan fingerprint density at radius 3 is 2.83 bits per heavy atom. The van der Waals surface area contributed by atoms with E-state index in [1.54, 1.807) is 19.1 Å².